The number of hydrogen-bond donors (Lipinski definition) is 0. The Labute approximate surface area is 179 Å². The van der Waals surface area contributed by atoms with Gasteiger partial charge in [-0.3, -0.25) is 0 Å². The minimum absolute atomic E-state index is 0.141. The van der Waals surface area contributed by atoms with Gasteiger partial charge in [0.1, 0.15) is 0 Å². The highest BCUT2D eigenvalue weighted by molar-refractivity contribution is 5.60. The summed E-state index contributed by atoms with van der Waals surface area (Å²) in [5, 5.41) is 7.95. The predicted molar refractivity (Wildman–Crippen MR) is 116 cm³/mol. The van der Waals surface area contributed by atoms with Crippen LogP contribution in [0.25, 0.3) is 11.3 Å². The van der Waals surface area contributed by atoms with Gasteiger partial charge in [-0.25, -0.2) is 8.78 Å². The van der Waals surface area contributed by atoms with Crippen LogP contribution in [0.2, 0.25) is 0 Å². The zero-order valence-electron chi connectivity index (χ0n) is 18.3. The molecule has 1 aromatic carbocycles. The van der Waals surface area contributed by atoms with Crippen LogP contribution in [0, 0.1) is 23.5 Å². The van der Waals surface area contributed by atoms with Crippen molar-refractivity contribution >= 4 is 0 Å². The lowest BCUT2D eigenvalue weighted by atomic mass is 9.78. The fourth-order valence-corrected chi connectivity index (χ4v) is 4.39. The number of aromatic nitrogens is 2. The van der Waals surface area contributed by atoms with Crippen LogP contribution < -0.4 is 4.74 Å². The summed E-state index contributed by atoms with van der Waals surface area (Å²) in [7, 11) is 0. The number of nitrogens with zero attached hydrogens (tertiary/aromatic N) is 2. The van der Waals surface area contributed by atoms with E-state index in [4.69, 9.17) is 4.74 Å². The Morgan fingerprint density at radius 1 is 0.867 bits per heavy atom. The van der Waals surface area contributed by atoms with E-state index in [1.54, 1.807) is 24.3 Å². The fraction of sp³-hybridized carbons (Fsp3) is 0.600. The van der Waals surface area contributed by atoms with Crippen LogP contribution in [0.3, 0.4) is 0 Å². The Morgan fingerprint density at radius 3 is 2.23 bits per heavy atom. The number of rotatable bonds is 10. The van der Waals surface area contributed by atoms with Gasteiger partial charge in [0, 0.05) is 11.6 Å². The molecule has 0 bridgehead atoms. The van der Waals surface area contributed by atoms with Gasteiger partial charge in [0.2, 0.25) is 5.88 Å². The molecule has 1 fully saturated rings. The monoisotopic (exact) mass is 416 g/mol. The van der Waals surface area contributed by atoms with Crippen molar-refractivity contribution in [1.82, 2.24) is 10.2 Å². The maximum atomic E-state index is 14.7. The Hall–Kier alpha value is -2.04. The molecule has 0 spiro atoms. The second-order valence-electron chi connectivity index (χ2n) is 8.57. The molecule has 1 aliphatic rings. The normalized spacial score (nSPS) is 19.1. The maximum Gasteiger partial charge on any atom is 0.233 e. The zero-order valence-corrected chi connectivity index (χ0v) is 18.3. The van der Waals surface area contributed by atoms with Crippen molar-refractivity contribution in [2.45, 2.75) is 78.1 Å². The Kier molecular flexibility index (Phi) is 8.59. The third-order valence-electron chi connectivity index (χ3n) is 6.29. The third-order valence-corrected chi connectivity index (χ3v) is 6.29. The largest absolute Gasteiger partial charge is 0.477 e. The Bertz CT molecular complexity index is 786. The molecule has 30 heavy (non-hydrogen) atoms. The first kappa shape index (κ1) is 22.6. The highest BCUT2D eigenvalue weighted by atomic mass is 19.2. The molecule has 2 aromatic rings. The lowest BCUT2D eigenvalue weighted by molar-refractivity contribution is 0.249. The second kappa shape index (κ2) is 11.4. The first-order chi connectivity index (χ1) is 14.6. The number of ether oxygens (including phenoxy) is 1. The van der Waals surface area contributed by atoms with Crippen molar-refractivity contribution in [2.75, 3.05) is 6.61 Å². The molecule has 0 radical (unpaired) electrons. The van der Waals surface area contributed by atoms with Crippen LogP contribution >= 0.6 is 0 Å². The van der Waals surface area contributed by atoms with E-state index in [1.165, 1.54) is 44.9 Å². The highest BCUT2D eigenvalue weighted by Gasteiger charge is 2.22. The van der Waals surface area contributed by atoms with Crippen molar-refractivity contribution in [3.8, 4) is 17.1 Å². The molecule has 3 rings (SSSR count). The Balaban J connectivity index is 1.57. The molecule has 0 atom stereocenters. The third kappa shape index (κ3) is 5.99. The van der Waals surface area contributed by atoms with Gasteiger partial charge >= 0.3 is 0 Å². The molecule has 0 unspecified atom stereocenters. The summed E-state index contributed by atoms with van der Waals surface area (Å²) in [4.78, 5) is 0. The van der Waals surface area contributed by atoms with Crippen molar-refractivity contribution in [3.05, 3.63) is 41.5 Å². The van der Waals surface area contributed by atoms with E-state index in [9.17, 15) is 8.78 Å². The molecule has 5 heteroatoms. The molecule has 3 nitrogen and oxygen atoms in total. The van der Waals surface area contributed by atoms with E-state index in [-0.39, 0.29) is 5.56 Å². The number of benzene rings is 1. The molecule has 0 N–H and O–H groups in total. The summed E-state index contributed by atoms with van der Waals surface area (Å²) in [6.45, 7) is 4.79. The van der Waals surface area contributed by atoms with Crippen molar-refractivity contribution in [1.29, 1.82) is 0 Å². The molecule has 1 heterocycles. The smallest absolute Gasteiger partial charge is 0.233 e. The summed E-state index contributed by atoms with van der Waals surface area (Å²) >= 11 is 0. The number of halogens is 2. The molecule has 164 valence electrons. The zero-order chi connectivity index (χ0) is 21.3. The van der Waals surface area contributed by atoms with Crippen molar-refractivity contribution in [2.24, 2.45) is 11.8 Å². The molecule has 1 saturated carbocycles. The quantitative estimate of drug-likeness (QED) is 0.413. The lowest BCUT2D eigenvalue weighted by Crippen LogP contribution is -2.15. The van der Waals surface area contributed by atoms with Gasteiger partial charge in [-0.1, -0.05) is 64.9 Å². The first-order valence-electron chi connectivity index (χ1n) is 11.6. The van der Waals surface area contributed by atoms with Gasteiger partial charge in [0.25, 0.3) is 0 Å². The van der Waals surface area contributed by atoms with E-state index < -0.39 is 11.6 Å². The molecule has 0 saturated heterocycles. The minimum Gasteiger partial charge on any atom is -0.477 e. The number of hydrogen-bond acceptors (Lipinski definition) is 3. The lowest BCUT2D eigenvalue weighted by Gasteiger charge is -2.28. The Morgan fingerprint density at radius 2 is 1.60 bits per heavy atom. The standard InChI is InChI=1S/C25H34F2N2O/c1-3-5-6-18-7-9-19(10-8-18)11-12-20-13-14-21(25(27)24(20)26)22-15-16-23(29-28-22)30-17-4-2/h13-16,18-19H,3-12,17H2,1-2H3. The molecular formula is C25H34F2N2O. The van der Waals surface area contributed by atoms with Crippen LogP contribution in [0.1, 0.15) is 77.2 Å². The molecule has 1 aliphatic carbocycles. The first-order valence-corrected chi connectivity index (χ1v) is 11.6. The average Bonchev–Trinajstić information content (AvgIpc) is 2.78. The van der Waals surface area contributed by atoms with Crippen LogP contribution in [0.15, 0.2) is 24.3 Å². The van der Waals surface area contributed by atoms with Gasteiger partial charge in [0.15, 0.2) is 11.6 Å². The molecule has 1 aromatic heterocycles. The summed E-state index contributed by atoms with van der Waals surface area (Å²) in [5.41, 5.74) is 0.912. The minimum atomic E-state index is -0.840. The van der Waals surface area contributed by atoms with E-state index in [1.807, 2.05) is 6.92 Å². The fourth-order valence-electron chi connectivity index (χ4n) is 4.39. The van der Waals surface area contributed by atoms with Gasteiger partial charge in [-0.05, 0) is 48.8 Å². The van der Waals surface area contributed by atoms with Gasteiger partial charge in [-0.15, -0.1) is 10.2 Å². The van der Waals surface area contributed by atoms with Crippen molar-refractivity contribution in [3.63, 3.8) is 0 Å². The van der Waals surface area contributed by atoms with E-state index in [0.29, 0.717) is 36.1 Å². The van der Waals surface area contributed by atoms with Crippen LogP contribution in [-0.2, 0) is 6.42 Å². The topological polar surface area (TPSA) is 35.0 Å². The van der Waals surface area contributed by atoms with E-state index >= 15 is 0 Å². The predicted octanol–water partition coefficient (Wildman–Crippen LogP) is 7.14. The maximum absolute atomic E-state index is 14.7. The SMILES string of the molecule is CCCCC1CCC(CCc2ccc(-c3ccc(OCCC)nn3)c(F)c2F)CC1. The van der Waals surface area contributed by atoms with E-state index in [2.05, 4.69) is 17.1 Å². The summed E-state index contributed by atoms with van der Waals surface area (Å²) < 4.78 is 34.8. The molecule has 0 aliphatic heterocycles. The molecular weight excluding hydrogens is 382 g/mol. The van der Waals surface area contributed by atoms with Gasteiger partial charge in [0.05, 0.1) is 12.3 Å². The summed E-state index contributed by atoms with van der Waals surface area (Å²) in [6.07, 6.45) is 11.3. The number of aryl methyl sites for hydroxylation is 1. The van der Waals surface area contributed by atoms with E-state index in [0.717, 1.165) is 18.8 Å². The van der Waals surface area contributed by atoms with Gasteiger partial charge < -0.3 is 4.74 Å². The van der Waals surface area contributed by atoms with Crippen molar-refractivity contribution < 1.29 is 13.5 Å². The average molecular weight is 417 g/mol. The van der Waals surface area contributed by atoms with Crippen LogP contribution in [0.5, 0.6) is 5.88 Å². The highest BCUT2D eigenvalue weighted by Crippen LogP contribution is 2.35. The summed E-state index contributed by atoms with van der Waals surface area (Å²) in [6, 6.07) is 6.57. The molecule has 0 amide bonds. The van der Waals surface area contributed by atoms with Gasteiger partial charge in [-0.2, -0.15) is 0 Å². The number of unbranched alkanes of at least 4 members (excludes halogenated alkanes) is 1. The van der Waals surface area contributed by atoms with Crippen LogP contribution in [-0.4, -0.2) is 16.8 Å². The van der Waals surface area contributed by atoms with Crippen LogP contribution in [0.4, 0.5) is 8.78 Å². The second-order valence-corrected chi connectivity index (χ2v) is 8.57. The summed E-state index contributed by atoms with van der Waals surface area (Å²) in [5.74, 6) is 0.299.